The van der Waals surface area contributed by atoms with Gasteiger partial charge in [0.05, 0.1) is 20.8 Å². The summed E-state index contributed by atoms with van der Waals surface area (Å²) in [6, 6.07) is 5.05. The molecule has 1 rings (SSSR count). The third-order valence-corrected chi connectivity index (χ3v) is 2.51. The number of aliphatic hydroxyl groups excluding tert-OH is 1. The minimum atomic E-state index is -0.274. The van der Waals surface area contributed by atoms with Crippen molar-refractivity contribution in [2.75, 3.05) is 20.8 Å². The minimum absolute atomic E-state index is 0.0952. The highest BCUT2D eigenvalue weighted by molar-refractivity contribution is 5.92. The second-order valence-corrected chi connectivity index (χ2v) is 4.03. The van der Waals surface area contributed by atoms with Gasteiger partial charge < -0.3 is 19.9 Å². The predicted octanol–water partition coefficient (Wildman–Crippen LogP) is 1.21. The van der Waals surface area contributed by atoms with Gasteiger partial charge in [-0.2, -0.15) is 0 Å². The van der Waals surface area contributed by atoms with Crippen molar-refractivity contribution in [2.24, 2.45) is 0 Å². The van der Waals surface area contributed by atoms with Crippen LogP contribution in [0.5, 0.6) is 11.5 Å². The average Bonchev–Trinajstić information content (AvgIpc) is 2.44. The number of carbonyl (C=O) groups is 1. The highest BCUT2D eigenvalue weighted by Gasteiger charge is 2.05. The molecule has 0 aliphatic rings. The smallest absolute Gasteiger partial charge is 0.244 e. The molecule has 0 fully saturated rings. The number of ether oxygens (including phenoxy) is 2. The fourth-order valence-corrected chi connectivity index (χ4v) is 1.47. The van der Waals surface area contributed by atoms with Crippen molar-refractivity contribution in [2.45, 2.75) is 13.0 Å². The number of hydrogen-bond acceptors (Lipinski definition) is 4. The Balaban J connectivity index is 2.82. The second kappa shape index (κ2) is 7.43. The first-order valence-corrected chi connectivity index (χ1v) is 5.92. The van der Waals surface area contributed by atoms with E-state index in [4.69, 9.17) is 14.6 Å². The lowest BCUT2D eigenvalue weighted by molar-refractivity contribution is -0.117. The van der Waals surface area contributed by atoms with Gasteiger partial charge in [-0.05, 0) is 31.2 Å². The first kappa shape index (κ1) is 15.0. The van der Waals surface area contributed by atoms with Gasteiger partial charge in [0.1, 0.15) is 11.5 Å². The number of rotatable bonds is 6. The van der Waals surface area contributed by atoms with Crippen LogP contribution in [0.4, 0.5) is 0 Å². The Kier molecular flexibility index (Phi) is 5.89. The molecule has 0 aliphatic heterocycles. The summed E-state index contributed by atoms with van der Waals surface area (Å²) in [6.45, 7) is 1.62. The van der Waals surface area contributed by atoms with Crippen LogP contribution >= 0.6 is 0 Å². The SMILES string of the molecule is COc1ccc(OC)c(/C=C/C(=O)NC(C)CO)c1. The van der Waals surface area contributed by atoms with E-state index in [9.17, 15) is 4.79 Å². The molecule has 1 unspecified atom stereocenters. The van der Waals surface area contributed by atoms with Crippen LogP contribution in [0.15, 0.2) is 24.3 Å². The lowest BCUT2D eigenvalue weighted by atomic mass is 10.1. The van der Waals surface area contributed by atoms with Gasteiger partial charge >= 0.3 is 0 Å². The Bertz CT molecular complexity index is 457. The van der Waals surface area contributed by atoms with Crippen LogP contribution in [0, 0.1) is 0 Å². The van der Waals surface area contributed by atoms with Crippen molar-refractivity contribution in [3.8, 4) is 11.5 Å². The molecule has 5 heteroatoms. The first-order chi connectivity index (χ1) is 9.10. The monoisotopic (exact) mass is 265 g/mol. The van der Waals surface area contributed by atoms with Crippen molar-refractivity contribution >= 4 is 12.0 Å². The maximum atomic E-state index is 11.6. The fraction of sp³-hybridized carbons (Fsp3) is 0.357. The summed E-state index contributed by atoms with van der Waals surface area (Å²) in [5.41, 5.74) is 0.744. The normalized spacial score (nSPS) is 12.2. The summed E-state index contributed by atoms with van der Waals surface area (Å²) < 4.78 is 10.3. The third kappa shape index (κ3) is 4.63. The van der Waals surface area contributed by atoms with E-state index in [0.717, 1.165) is 5.56 Å². The number of carbonyl (C=O) groups excluding carboxylic acids is 1. The van der Waals surface area contributed by atoms with Crippen LogP contribution in [-0.4, -0.2) is 37.9 Å². The van der Waals surface area contributed by atoms with E-state index < -0.39 is 0 Å². The number of aliphatic hydroxyl groups is 1. The van der Waals surface area contributed by atoms with Crippen molar-refractivity contribution in [1.82, 2.24) is 5.32 Å². The van der Waals surface area contributed by atoms with E-state index in [2.05, 4.69) is 5.32 Å². The number of amides is 1. The number of nitrogens with one attached hydrogen (secondary N) is 1. The molecule has 1 aromatic rings. The number of methoxy groups -OCH3 is 2. The molecular formula is C14H19NO4. The maximum absolute atomic E-state index is 11.6. The molecule has 0 saturated heterocycles. The summed E-state index contributed by atoms with van der Waals surface area (Å²) in [6.07, 6.45) is 3.03. The molecule has 2 N–H and O–H groups in total. The third-order valence-electron chi connectivity index (χ3n) is 2.51. The highest BCUT2D eigenvalue weighted by Crippen LogP contribution is 2.24. The van der Waals surface area contributed by atoms with Gasteiger partial charge in [0.25, 0.3) is 0 Å². The van der Waals surface area contributed by atoms with Gasteiger partial charge in [0, 0.05) is 17.7 Å². The molecule has 104 valence electrons. The van der Waals surface area contributed by atoms with Gasteiger partial charge in [-0.25, -0.2) is 0 Å². The lowest BCUT2D eigenvalue weighted by Crippen LogP contribution is -2.33. The van der Waals surface area contributed by atoms with E-state index in [1.54, 1.807) is 45.4 Å². The maximum Gasteiger partial charge on any atom is 0.244 e. The molecule has 0 aromatic heterocycles. The number of hydrogen-bond donors (Lipinski definition) is 2. The molecule has 1 amide bonds. The molecule has 0 radical (unpaired) electrons. The van der Waals surface area contributed by atoms with Crippen LogP contribution in [-0.2, 0) is 4.79 Å². The minimum Gasteiger partial charge on any atom is -0.497 e. The average molecular weight is 265 g/mol. The molecule has 0 aliphatic carbocycles. The molecular weight excluding hydrogens is 246 g/mol. The van der Waals surface area contributed by atoms with Crippen molar-refractivity contribution in [3.05, 3.63) is 29.8 Å². The van der Waals surface area contributed by atoms with Crippen LogP contribution in [0.25, 0.3) is 6.08 Å². The van der Waals surface area contributed by atoms with Crippen LogP contribution < -0.4 is 14.8 Å². The fourth-order valence-electron chi connectivity index (χ4n) is 1.47. The van der Waals surface area contributed by atoms with Crippen LogP contribution in [0.3, 0.4) is 0 Å². The summed E-state index contributed by atoms with van der Waals surface area (Å²) in [7, 11) is 3.14. The van der Waals surface area contributed by atoms with Crippen molar-refractivity contribution in [3.63, 3.8) is 0 Å². The Morgan fingerprint density at radius 1 is 1.42 bits per heavy atom. The van der Waals surface area contributed by atoms with Crippen molar-refractivity contribution in [1.29, 1.82) is 0 Å². The van der Waals surface area contributed by atoms with E-state index in [0.29, 0.717) is 11.5 Å². The van der Waals surface area contributed by atoms with Gasteiger partial charge in [-0.3, -0.25) is 4.79 Å². The van der Waals surface area contributed by atoms with E-state index in [1.807, 2.05) is 0 Å². The van der Waals surface area contributed by atoms with E-state index in [1.165, 1.54) is 6.08 Å². The van der Waals surface area contributed by atoms with Gasteiger partial charge in [-0.1, -0.05) is 0 Å². The van der Waals surface area contributed by atoms with E-state index >= 15 is 0 Å². The van der Waals surface area contributed by atoms with Gasteiger partial charge in [0.15, 0.2) is 0 Å². The second-order valence-electron chi connectivity index (χ2n) is 4.03. The predicted molar refractivity (Wildman–Crippen MR) is 73.3 cm³/mol. The Labute approximate surface area is 112 Å². The van der Waals surface area contributed by atoms with Crippen LogP contribution in [0.2, 0.25) is 0 Å². The summed E-state index contributed by atoms with van der Waals surface area (Å²) in [5, 5.41) is 11.5. The molecule has 0 spiro atoms. The Morgan fingerprint density at radius 2 is 2.16 bits per heavy atom. The summed E-state index contributed by atoms with van der Waals surface area (Å²) >= 11 is 0. The molecule has 1 atom stereocenters. The molecule has 1 aromatic carbocycles. The lowest BCUT2D eigenvalue weighted by Gasteiger charge is -2.09. The number of benzene rings is 1. The first-order valence-electron chi connectivity index (χ1n) is 5.92. The molecule has 0 bridgehead atoms. The molecule has 5 nitrogen and oxygen atoms in total. The van der Waals surface area contributed by atoms with E-state index in [-0.39, 0.29) is 18.6 Å². The largest absolute Gasteiger partial charge is 0.497 e. The molecule has 0 saturated carbocycles. The topological polar surface area (TPSA) is 67.8 Å². The quantitative estimate of drug-likeness (QED) is 0.759. The Hall–Kier alpha value is -2.01. The zero-order valence-corrected chi connectivity index (χ0v) is 11.3. The van der Waals surface area contributed by atoms with Crippen molar-refractivity contribution < 1.29 is 19.4 Å². The zero-order chi connectivity index (χ0) is 14.3. The Morgan fingerprint density at radius 3 is 2.74 bits per heavy atom. The molecule has 0 heterocycles. The summed E-state index contributed by atoms with van der Waals surface area (Å²) in [4.78, 5) is 11.6. The van der Waals surface area contributed by atoms with Crippen LogP contribution in [0.1, 0.15) is 12.5 Å². The van der Waals surface area contributed by atoms with Gasteiger partial charge in [-0.15, -0.1) is 0 Å². The summed E-state index contributed by atoms with van der Waals surface area (Å²) in [5.74, 6) is 1.07. The zero-order valence-electron chi connectivity index (χ0n) is 11.3. The highest BCUT2D eigenvalue weighted by atomic mass is 16.5. The molecule has 19 heavy (non-hydrogen) atoms. The van der Waals surface area contributed by atoms with Gasteiger partial charge in [0.2, 0.25) is 5.91 Å². The standard InChI is InChI=1S/C14H19NO4/c1-10(9-16)15-14(17)7-4-11-8-12(18-2)5-6-13(11)19-3/h4-8,10,16H,9H2,1-3H3,(H,15,17)/b7-4+.